The molecule has 0 unspecified atom stereocenters. The van der Waals surface area contributed by atoms with Crippen LogP contribution in [0.4, 0.5) is 4.79 Å². The van der Waals surface area contributed by atoms with Gasteiger partial charge in [0, 0.05) is 39.6 Å². The highest BCUT2D eigenvalue weighted by Gasteiger charge is 2.25. The average molecular weight is 243 g/mol. The normalized spacial score (nSPS) is 22.4. The number of amides is 2. The highest BCUT2D eigenvalue weighted by molar-refractivity contribution is 5.76. The fraction of sp³-hybridized carbons (Fsp3) is 0.818. The van der Waals surface area contributed by atoms with Gasteiger partial charge < -0.3 is 20.6 Å². The Kier molecular flexibility index (Phi) is 4.74. The molecular weight excluding hydrogens is 222 g/mol. The number of likely N-dealkylation sites (N-methyl/N-ethyl adjacent to an activating group) is 1. The molecular formula is C11H21N3O3. The van der Waals surface area contributed by atoms with Gasteiger partial charge in [0.1, 0.15) is 0 Å². The van der Waals surface area contributed by atoms with Gasteiger partial charge in [0.05, 0.1) is 0 Å². The van der Waals surface area contributed by atoms with E-state index in [0.717, 1.165) is 19.4 Å². The van der Waals surface area contributed by atoms with E-state index in [1.807, 2.05) is 0 Å². The van der Waals surface area contributed by atoms with Gasteiger partial charge in [-0.05, 0) is 18.8 Å². The second-order valence-corrected chi connectivity index (χ2v) is 4.84. The average Bonchev–Trinajstić information content (AvgIpc) is 2.23. The van der Waals surface area contributed by atoms with Crippen LogP contribution in [-0.4, -0.2) is 60.1 Å². The Bertz CT molecular complexity index is 296. The molecule has 3 N–H and O–H groups in total. The van der Waals surface area contributed by atoms with Crippen molar-refractivity contribution in [3.63, 3.8) is 0 Å². The van der Waals surface area contributed by atoms with Gasteiger partial charge in [-0.2, -0.15) is 0 Å². The molecule has 1 rings (SSSR count). The first kappa shape index (κ1) is 13.8. The van der Waals surface area contributed by atoms with Crippen molar-refractivity contribution < 1.29 is 14.7 Å². The smallest absolute Gasteiger partial charge is 0.407 e. The molecule has 6 heteroatoms. The minimum Gasteiger partial charge on any atom is -0.465 e. The van der Waals surface area contributed by atoms with E-state index in [1.54, 1.807) is 11.9 Å². The van der Waals surface area contributed by atoms with Gasteiger partial charge in [-0.15, -0.1) is 0 Å². The number of hydrogen-bond acceptors (Lipinski definition) is 3. The van der Waals surface area contributed by atoms with Crippen LogP contribution >= 0.6 is 0 Å². The van der Waals surface area contributed by atoms with Gasteiger partial charge in [0.25, 0.3) is 0 Å². The Balaban J connectivity index is 2.34. The molecule has 0 saturated carbocycles. The molecule has 6 nitrogen and oxygen atoms in total. The zero-order valence-electron chi connectivity index (χ0n) is 10.4. The standard InChI is InChI=1S/C11H21N3O3/c1-13-6-8(3-4-10(13)15)5-9(12)7-14(2)11(16)17/h8-9H,3-7,12H2,1-2H3,(H,16,17)/t8-,9+/m1/s1. The summed E-state index contributed by atoms with van der Waals surface area (Å²) in [7, 11) is 3.31. The summed E-state index contributed by atoms with van der Waals surface area (Å²) < 4.78 is 0. The van der Waals surface area contributed by atoms with Crippen LogP contribution in [0.5, 0.6) is 0 Å². The number of likely N-dealkylation sites (tertiary alicyclic amines) is 1. The molecule has 0 bridgehead atoms. The maximum atomic E-state index is 11.3. The number of carbonyl (C=O) groups excluding carboxylic acids is 1. The van der Waals surface area contributed by atoms with Gasteiger partial charge in [0.2, 0.25) is 5.91 Å². The maximum absolute atomic E-state index is 11.3. The van der Waals surface area contributed by atoms with Crippen molar-refractivity contribution in [2.45, 2.75) is 25.3 Å². The van der Waals surface area contributed by atoms with Crippen molar-refractivity contribution in [3.8, 4) is 0 Å². The third-order valence-corrected chi connectivity index (χ3v) is 3.20. The molecule has 98 valence electrons. The summed E-state index contributed by atoms with van der Waals surface area (Å²) in [6.07, 6.45) is 1.22. The topological polar surface area (TPSA) is 86.9 Å². The molecule has 1 aliphatic heterocycles. The fourth-order valence-electron chi connectivity index (χ4n) is 2.22. The Hall–Kier alpha value is -1.30. The minimum atomic E-state index is -0.962. The highest BCUT2D eigenvalue weighted by atomic mass is 16.4. The summed E-state index contributed by atoms with van der Waals surface area (Å²) >= 11 is 0. The summed E-state index contributed by atoms with van der Waals surface area (Å²) in [6, 6.07) is -0.164. The third kappa shape index (κ3) is 4.22. The molecule has 2 atom stereocenters. The summed E-state index contributed by atoms with van der Waals surface area (Å²) in [6.45, 7) is 1.06. The number of hydrogen-bond donors (Lipinski definition) is 2. The molecule has 1 saturated heterocycles. The second kappa shape index (κ2) is 5.86. The van der Waals surface area contributed by atoms with Crippen LogP contribution in [0.25, 0.3) is 0 Å². The Morgan fingerprint density at radius 2 is 2.35 bits per heavy atom. The summed E-state index contributed by atoms with van der Waals surface area (Å²) in [5.41, 5.74) is 5.91. The molecule has 0 aromatic carbocycles. The largest absolute Gasteiger partial charge is 0.465 e. The Labute approximate surface area is 101 Å². The van der Waals surface area contributed by atoms with E-state index in [4.69, 9.17) is 10.8 Å². The molecule has 0 aromatic rings. The van der Waals surface area contributed by atoms with Crippen molar-refractivity contribution >= 4 is 12.0 Å². The fourth-order valence-corrected chi connectivity index (χ4v) is 2.22. The summed E-state index contributed by atoms with van der Waals surface area (Å²) in [5.74, 6) is 0.562. The first-order chi connectivity index (χ1) is 7.90. The molecule has 0 radical (unpaired) electrons. The lowest BCUT2D eigenvalue weighted by Gasteiger charge is -2.31. The van der Waals surface area contributed by atoms with Crippen LogP contribution in [0.2, 0.25) is 0 Å². The number of carboxylic acid groups (broad SMARTS) is 1. The number of nitrogens with zero attached hydrogens (tertiary/aromatic N) is 2. The van der Waals surface area contributed by atoms with Gasteiger partial charge in [0.15, 0.2) is 0 Å². The van der Waals surface area contributed by atoms with E-state index >= 15 is 0 Å². The van der Waals surface area contributed by atoms with Crippen molar-refractivity contribution in [2.24, 2.45) is 11.7 Å². The van der Waals surface area contributed by atoms with Crippen LogP contribution in [0.1, 0.15) is 19.3 Å². The predicted octanol–water partition coefficient (Wildman–Crippen LogP) is 0.182. The first-order valence-corrected chi connectivity index (χ1v) is 5.83. The molecule has 0 aromatic heterocycles. The minimum absolute atomic E-state index is 0.164. The zero-order chi connectivity index (χ0) is 13.0. The molecule has 1 heterocycles. The Morgan fingerprint density at radius 3 is 2.88 bits per heavy atom. The van der Waals surface area contributed by atoms with Crippen molar-refractivity contribution in [2.75, 3.05) is 27.2 Å². The van der Waals surface area contributed by atoms with Crippen LogP contribution in [-0.2, 0) is 4.79 Å². The summed E-state index contributed by atoms with van der Waals surface area (Å²) in [4.78, 5) is 24.9. The van der Waals surface area contributed by atoms with Gasteiger partial charge >= 0.3 is 6.09 Å². The molecule has 1 fully saturated rings. The van der Waals surface area contributed by atoms with E-state index in [1.165, 1.54) is 11.9 Å². The lowest BCUT2D eigenvalue weighted by atomic mass is 9.91. The predicted molar refractivity (Wildman–Crippen MR) is 63.6 cm³/mol. The van der Waals surface area contributed by atoms with E-state index in [9.17, 15) is 9.59 Å². The maximum Gasteiger partial charge on any atom is 0.407 e. The van der Waals surface area contributed by atoms with Gasteiger partial charge in [-0.3, -0.25) is 4.79 Å². The van der Waals surface area contributed by atoms with Crippen molar-refractivity contribution in [1.82, 2.24) is 9.80 Å². The van der Waals surface area contributed by atoms with Crippen LogP contribution < -0.4 is 5.73 Å². The SMILES string of the molecule is CN(C[C@@H](N)C[C@H]1CCC(=O)N(C)C1)C(=O)O. The Morgan fingerprint density at radius 1 is 1.71 bits per heavy atom. The molecule has 0 spiro atoms. The van der Waals surface area contributed by atoms with E-state index < -0.39 is 6.09 Å². The van der Waals surface area contributed by atoms with E-state index in [-0.39, 0.29) is 11.9 Å². The highest BCUT2D eigenvalue weighted by Crippen LogP contribution is 2.20. The number of piperidine rings is 1. The molecule has 1 aliphatic rings. The lowest BCUT2D eigenvalue weighted by molar-refractivity contribution is -0.133. The lowest BCUT2D eigenvalue weighted by Crippen LogP contribution is -2.43. The molecule has 17 heavy (non-hydrogen) atoms. The molecule has 0 aliphatic carbocycles. The van der Waals surface area contributed by atoms with Crippen LogP contribution in [0, 0.1) is 5.92 Å². The van der Waals surface area contributed by atoms with Gasteiger partial charge in [-0.1, -0.05) is 0 Å². The van der Waals surface area contributed by atoms with Gasteiger partial charge in [-0.25, -0.2) is 4.79 Å². The number of nitrogens with two attached hydrogens (primary N) is 1. The van der Waals surface area contributed by atoms with Crippen molar-refractivity contribution in [3.05, 3.63) is 0 Å². The summed E-state index contributed by atoms with van der Waals surface area (Å²) in [5, 5.41) is 8.73. The molecule has 2 amide bonds. The van der Waals surface area contributed by atoms with Crippen molar-refractivity contribution in [1.29, 1.82) is 0 Å². The number of rotatable bonds is 4. The first-order valence-electron chi connectivity index (χ1n) is 5.83. The van der Waals surface area contributed by atoms with E-state index in [2.05, 4.69) is 0 Å². The monoisotopic (exact) mass is 243 g/mol. The van der Waals surface area contributed by atoms with Crippen LogP contribution in [0.15, 0.2) is 0 Å². The zero-order valence-corrected chi connectivity index (χ0v) is 10.4. The second-order valence-electron chi connectivity index (χ2n) is 4.84. The third-order valence-electron chi connectivity index (χ3n) is 3.20. The quantitative estimate of drug-likeness (QED) is 0.737. The van der Waals surface area contributed by atoms with E-state index in [0.29, 0.717) is 18.9 Å². The van der Waals surface area contributed by atoms with Crippen LogP contribution in [0.3, 0.4) is 0 Å². The number of carbonyl (C=O) groups is 2.